The molecule has 4 rings (SSSR count). The molecule has 0 aliphatic carbocycles. The number of unbranched alkanes of at least 4 members (excludes halogenated alkanes) is 1. The highest BCUT2D eigenvalue weighted by atomic mass is 16.5. The zero-order valence-corrected chi connectivity index (χ0v) is 23.4. The van der Waals surface area contributed by atoms with Crippen LogP contribution in [0.25, 0.3) is 5.70 Å². The first-order valence-corrected chi connectivity index (χ1v) is 13.6. The van der Waals surface area contributed by atoms with Gasteiger partial charge in [-0.1, -0.05) is 73.5 Å². The molecular formula is C32H36N4O4. The molecule has 1 aliphatic heterocycles. The minimum Gasteiger partial charge on any atom is -0.463 e. The summed E-state index contributed by atoms with van der Waals surface area (Å²) in [5.74, 6) is -0.501. The Labute approximate surface area is 235 Å². The maximum atomic E-state index is 13.5. The number of rotatable bonds is 9. The second-order valence-electron chi connectivity index (χ2n) is 9.76. The molecule has 8 nitrogen and oxygen atoms in total. The Morgan fingerprint density at radius 3 is 2.42 bits per heavy atom. The number of benzene rings is 3. The lowest BCUT2D eigenvalue weighted by atomic mass is 9.91. The van der Waals surface area contributed by atoms with Gasteiger partial charge in [-0.2, -0.15) is 0 Å². The first kappa shape index (κ1) is 28.4. The summed E-state index contributed by atoms with van der Waals surface area (Å²) < 4.78 is 5.50. The Balaban J connectivity index is 1.72. The fourth-order valence-corrected chi connectivity index (χ4v) is 4.80. The van der Waals surface area contributed by atoms with Gasteiger partial charge in [0, 0.05) is 17.9 Å². The molecular weight excluding hydrogens is 504 g/mol. The number of hydrogen-bond donors (Lipinski definition) is 3. The van der Waals surface area contributed by atoms with Gasteiger partial charge in [-0.05, 0) is 62.1 Å². The number of anilines is 2. The monoisotopic (exact) mass is 540 g/mol. The van der Waals surface area contributed by atoms with Gasteiger partial charge in [-0.15, -0.1) is 0 Å². The van der Waals surface area contributed by atoms with E-state index in [9.17, 15) is 14.4 Å². The van der Waals surface area contributed by atoms with Crippen molar-refractivity contribution in [3.63, 3.8) is 0 Å². The van der Waals surface area contributed by atoms with E-state index in [1.807, 2.05) is 68.4 Å². The third-order valence-electron chi connectivity index (χ3n) is 6.71. The van der Waals surface area contributed by atoms with E-state index in [-0.39, 0.29) is 12.6 Å². The van der Waals surface area contributed by atoms with E-state index in [2.05, 4.69) is 22.9 Å². The van der Waals surface area contributed by atoms with Crippen molar-refractivity contribution in [3.05, 3.63) is 101 Å². The fraction of sp³-hybridized carbons (Fsp3) is 0.281. The molecule has 40 heavy (non-hydrogen) atoms. The second kappa shape index (κ2) is 13.0. The summed E-state index contributed by atoms with van der Waals surface area (Å²) in [7, 11) is 0. The van der Waals surface area contributed by atoms with Gasteiger partial charge in [0.25, 0.3) is 0 Å². The Bertz CT molecular complexity index is 1420. The largest absolute Gasteiger partial charge is 0.463 e. The quantitative estimate of drug-likeness (QED) is 0.260. The second-order valence-corrected chi connectivity index (χ2v) is 9.76. The molecule has 8 heteroatoms. The number of carbonyl (C=O) groups excluding carboxylic acids is 3. The highest BCUT2D eigenvalue weighted by Crippen LogP contribution is 2.37. The number of nitrogens with zero attached hydrogens (tertiary/aromatic N) is 1. The van der Waals surface area contributed by atoms with Gasteiger partial charge in [0.2, 0.25) is 0 Å². The molecule has 0 aromatic heterocycles. The molecule has 3 aromatic carbocycles. The van der Waals surface area contributed by atoms with Crippen LogP contribution < -0.4 is 16.0 Å². The fourth-order valence-electron chi connectivity index (χ4n) is 4.80. The number of amides is 4. The molecule has 208 valence electrons. The van der Waals surface area contributed by atoms with Crippen molar-refractivity contribution in [2.75, 3.05) is 23.8 Å². The summed E-state index contributed by atoms with van der Waals surface area (Å²) in [5, 5.41) is 8.76. The molecule has 3 aromatic rings. The van der Waals surface area contributed by atoms with Crippen LogP contribution in [0.15, 0.2) is 78.4 Å². The van der Waals surface area contributed by atoms with Crippen molar-refractivity contribution in [2.24, 2.45) is 0 Å². The summed E-state index contributed by atoms with van der Waals surface area (Å²) in [6.45, 7) is 8.40. The average Bonchev–Trinajstić information content (AvgIpc) is 2.94. The number of carbonyl (C=O) groups is 3. The Morgan fingerprint density at radius 2 is 1.73 bits per heavy atom. The molecule has 0 spiro atoms. The standard InChI is InChI=1S/C32H36N4O4/c1-5-7-18-36-29(23-12-9-8-10-13-23)27(30(37)40-6-2)28(35-32(36)39)24-14-11-15-25(20-24)33-31(38)34-26-17-16-21(3)19-22(26)4/h8-17,19-20,28H,5-7,18H2,1-4H3,(H,35,39)(H2,33,34,38)/t28-/m1/s1. The van der Waals surface area contributed by atoms with E-state index in [1.165, 1.54) is 0 Å². The number of urea groups is 2. The van der Waals surface area contributed by atoms with Crippen LogP contribution in [-0.2, 0) is 9.53 Å². The van der Waals surface area contributed by atoms with Crippen molar-refractivity contribution in [1.82, 2.24) is 10.2 Å². The minimum atomic E-state index is -0.774. The number of esters is 1. The van der Waals surface area contributed by atoms with Crippen LogP contribution in [0.2, 0.25) is 0 Å². The number of hydrogen-bond acceptors (Lipinski definition) is 4. The van der Waals surface area contributed by atoms with E-state index in [0.717, 1.165) is 29.5 Å². The average molecular weight is 541 g/mol. The highest BCUT2D eigenvalue weighted by molar-refractivity contribution is 6.05. The van der Waals surface area contributed by atoms with Gasteiger partial charge in [0.1, 0.15) is 0 Å². The SMILES string of the molecule is CCCCN1C(=O)N[C@H](c2cccc(NC(=O)Nc3ccc(C)cc3C)c2)C(C(=O)OCC)=C1c1ccccc1. The van der Waals surface area contributed by atoms with Gasteiger partial charge < -0.3 is 20.7 Å². The summed E-state index contributed by atoms with van der Waals surface area (Å²) >= 11 is 0. The predicted octanol–water partition coefficient (Wildman–Crippen LogP) is 6.79. The lowest BCUT2D eigenvalue weighted by Gasteiger charge is -2.37. The third kappa shape index (κ3) is 6.51. The lowest BCUT2D eigenvalue weighted by molar-refractivity contribution is -0.138. The van der Waals surface area contributed by atoms with E-state index in [0.29, 0.717) is 34.8 Å². The summed E-state index contributed by atoms with van der Waals surface area (Å²) in [4.78, 5) is 41.4. The van der Waals surface area contributed by atoms with Gasteiger partial charge in [-0.25, -0.2) is 14.4 Å². The van der Waals surface area contributed by atoms with Crippen LogP contribution in [0.5, 0.6) is 0 Å². The third-order valence-corrected chi connectivity index (χ3v) is 6.71. The molecule has 1 heterocycles. The van der Waals surface area contributed by atoms with E-state index >= 15 is 0 Å². The zero-order valence-electron chi connectivity index (χ0n) is 23.4. The highest BCUT2D eigenvalue weighted by Gasteiger charge is 2.38. The molecule has 0 bridgehead atoms. The Morgan fingerprint density at radius 1 is 0.950 bits per heavy atom. The van der Waals surface area contributed by atoms with E-state index in [4.69, 9.17) is 4.74 Å². The van der Waals surface area contributed by atoms with Crippen LogP contribution in [0, 0.1) is 13.8 Å². The minimum absolute atomic E-state index is 0.195. The van der Waals surface area contributed by atoms with E-state index in [1.54, 1.807) is 30.0 Å². The number of nitrogens with one attached hydrogen (secondary N) is 3. The number of ether oxygens (including phenoxy) is 1. The molecule has 4 amide bonds. The van der Waals surface area contributed by atoms with Gasteiger partial charge >= 0.3 is 18.0 Å². The van der Waals surface area contributed by atoms with Gasteiger partial charge in [-0.3, -0.25) is 4.90 Å². The summed E-state index contributed by atoms with van der Waals surface area (Å²) in [5.41, 5.74) is 5.58. The molecule has 0 unspecified atom stereocenters. The first-order chi connectivity index (χ1) is 19.3. The number of aryl methyl sites for hydroxylation is 2. The molecule has 1 atom stereocenters. The van der Waals surface area contributed by atoms with Gasteiger partial charge in [0.15, 0.2) is 0 Å². The molecule has 0 fully saturated rings. The molecule has 0 saturated carbocycles. The van der Waals surface area contributed by atoms with Crippen LogP contribution in [0.1, 0.15) is 55.0 Å². The topological polar surface area (TPSA) is 99.8 Å². The first-order valence-electron chi connectivity index (χ1n) is 13.6. The predicted molar refractivity (Wildman–Crippen MR) is 158 cm³/mol. The Hall–Kier alpha value is -4.59. The molecule has 3 N–H and O–H groups in total. The van der Waals surface area contributed by atoms with Crippen LogP contribution in [0.4, 0.5) is 21.0 Å². The smallest absolute Gasteiger partial charge is 0.338 e. The van der Waals surface area contributed by atoms with Crippen LogP contribution >= 0.6 is 0 Å². The van der Waals surface area contributed by atoms with Crippen molar-refractivity contribution in [2.45, 2.75) is 46.6 Å². The summed E-state index contributed by atoms with van der Waals surface area (Å²) in [6, 6.07) is 20.9. The summed E-state index contributed by atoms with van der Waals surface area (Å²) in [6.07, 6.45) is 1.67. The van der Waals surface area contributed by atoms with E-state index < -0.39 is 18.0 Å². The molecule has 0 radical (unpaired) electrons. The van der Waals surface area contributed by atoms with Crippen molar-refractivity contribution in [3.8, 4) is 0 Å². The van der Waals surface area contributed by atoms with Gasteiger partial charge in [0.05, 0.1) is 23.9 Å². The van der Waals surface area contributed by atoms with Crippen LogP contribution in [-0.4, -0.2) is 36.1 Å². The maximum absolute atomic E-state index is 13.5. The van der Waals surface area contributed by atoms with Crippen molar-refractivity contribution < 1.29 is 19.1 Å². The van der Waals surface area contributed by atoms with Crippen LogP contribution in [0.3, 0.4) is 0 Å². The molecule has 0 saturated heterocycles. The maximum Gasteiger partial charge on any atom is 0.338 e. The lowest BCUT2D eigenvalue weighted by Crippen LogP contribution is -2.48. The normalized spacial score (nSPS) is 14.9. The zero-order chi connectivity index (χ0) is 28.6. The molecule has 1 aliphatic rings. The van der Waals surface area contributed by atoms with Crippen molar-refractivity contribution in [1.29, 1.82) is 0 Å². The van der Waals surface area contributed by atoms with Crippen molar-refractivity contribution >= 4 is 35.1 Å². The Kier molecular flexibility index (Phi) is 9.22.